The van der Waals surface area contributed by atoms with Crippen LogP contribution in [0.15, 0.2) is 46.9 Å². The number of nitrogens with one attached hydrogen (secondary N) is 2. The second kappa shape index (κ2) is 16.0. The zero-order chi connectivity index (χ0) is 28.3. The number of carbonyl (C=O) groups is 1. The molecule has 0 aromatic heterocycles. The third-order valence-electron chi connectivity index (χ3n) is 7.81. The lowest BCUT2D eigenvalue weighted by molar-refractivity contribution is -0.150. The van der Waals surface area contributed by atoms with Crippen molar-refractivity contribution >= 4 is 33.5 Å². The van der Waals surface area contributed by atoms with Crippen LogP contribution in [0.5, 0.6) is 0 Å². The van der Waals surface area contributed by atoms with Crippen molar-refractivity contribution in [3.05, 3.63) is 68.9 Å². The second-order valence-electron chi connectivity index (χ2n) is 10.5. The molecule has 2 aromatic carbocycles. The summed E-state index contributed by atoms with van der Waals surface area (Å²) >= 11 is 9.68. The summed E-state index contributed by atoms with van der Waals surface area (Å²) in [7, 11) is 1.47. The maximum atomic E-state index is 14.1. The van der Waals surface area contributed by atoms with Crippen LogP contribution in [0.2, 0.25) is 5.02 Å². The van der Waals surface area contributed by atoms with Gasteiger partial charge in [-0.1, -0.05) is 59.6 Å². The van der Waals surface area contributed by atoms with Crippen LogP contribution < -0.4 is 10.6 Å². The second-order valence-corrected chi connectivity index (χ2v) is 11.9. The summed E-state index contributed by atoms with van der Waals surface area (Å²) in [6.07, 6.45) is 1.62. The molecule has 39 heavy (non-hydrogen) atoms. The molecule has 216 valence electrons. The smallest absolute Gasteiger partial charge is 0.316 e. The Morgan fingerprint density at radius 2 is 1.62 bits per heavy atom. The third-order valence-corrected chi connectivity index (χ3v) is 8.69. The molecule has 2 aromatic rings. The van der Waals surface area contributed by atoms with E-state index in [1.165, 1.54) is 13.2 Å². The quantitative estimate of drug-likeness (QED) is 0.379. The first-order valence-electron chi connectivity index (χ1n) is 13.9. The lowest BCUT2D eigenvalue weighted by Crippen LogP contribution is -2.47. The minimum atomic E-state index is -0.668. The number of benzene rings is 2. The lowest BCUT2D eigenvalue weighted by Gasteiger charge is -2.38. The summed E-state index contributed by atoms with van der Waals surface area (Å²) < 4.78 is 20.4. The molecule has 9 heteroatoms. The number of hydrogen-bond donors (Lipinski definition) is 2. The maximum absolute atomic E-state index is 14.1. The van der Waals surface area contributed by atoms with E-state index in [2.05, 4.69) is 50.2 Å². The van der Waals surface area contributed by atoms with Crippen molar-refractivity contribution in [1.29, 1.82) is 0 Å². The molecule has 6 nitrogen and oxygen atoms in total. The van der Waals surface area contributed by atoms with Gasteiger partial charge in [-0.15, -0.1) is 0 Å². The molecule has 1 atom stereocenters. The van der Waals surface area contributed by atoms with Crippen molar-refractivity contribution in [1.82, 2.24) is 20.4 Å². The fourth-order valence-corrected chi connectivity index (χ4v) is 5.90. The highest BCUT2D eigenvalue weighted by molar-refractivity contribution is 9.10. The van der Waals surface area contributed by atoms with Crippen LogP contribution in [-0.2, 0) is 21.5 Å². The Balaban J connectivity index is 0.000000617. The average molecular weight is 626 g/mol. The summed E-state index contributed by atoms with van der Waals surface area (Å²) in [5.41, 5.74) is 0.903. The highest BCUT2D eigenvalue weighted by Crippen LogP contribution is 2.39. The summed E-state index contributed by atoms with van der Waals surface area (Å²) in [4.78, 5) is 17.7. The van der Waals surface area contributed by atoms with Crippen molar-refractivity contribution in [2.24, 2.45) is 5.92 Å². The topological polar surface area (TPSA) is 56.8 Å². The van der Waals surface area contributed by atoms with Gasteiger partial charge in [0.2, 0.25) is 0 Å². The number of carbonyl (C=O) groups excluding carboxylic acids is 1. The summed E-state index contributed by atoms with van der Waals surface area (Å²) in [6, 6.07) is 12.8. The van der Waals surface area contributed by atoms with Crippen molar-refractivity contribution in [2.45, 2.75) is 38.6 Å². The van der Waals surface area contributed by atoms with Gasteiger partial charge in [0.1, 0.15) is 5.82 Å². The van der Waals surface area contributed by atoms with Crippen LogP contribution in [0.1, 0.15) is 37.8 Å². The van der Waals surface area contributed by atoms with Crippen molar-refractivity contribution in [2.75, 3.05) is 66.0 Å². The zero-order valence-electron chi connectivity index (χ0n) is 23.4. The summed E-state index contributed by atoms with van der Waals surface area (Å²) in [5, 5.41) is 6.93. The molecule has 2 aliphatic rings. The number of rotatable bonds is 9. The molecule has 0 aliphatic carbocycles. The molecular weight excluding hydrogens is 583 g/mol. The van der Waals surface area contributed by atoms with E-state index in [9.17, 15) is 9.18 Å². The van der Waals surface area contributed by atoms with Gasteiger partial charge in [0, 0.05) is 74.0 Å². The fraction of sp³-hybridized carbons (Fsp3) is 0.567. The molecule has 0 saturated carbocycles. The molecule has 4 rings (SSSR count). The molecule has 0 spiro atoms. The molecule has 2 heterocycles. The van der Waals surface area contributed by atoms with Crippen LogP contribution in [-0.4, -0.2) is 81.8 Å². The standard InChI is InChI=1S/C26H33BrClFN2O2.C4H10N2/c1-19(2)26(25(32)33-3,20-8-10-21(27)11-9-20)12-5-13-30-14-16-31(17-15-30)18-22-23(28)6-4-7-24(22)29;1-2-6-4-3-5-1/h4,6-11,19H,5,12-18H2,1-3H3;5-6H,1-4H2. The lowest BCUT2D eigenvalue weighted by atomic mass is 9.68. The SMILES string of the molecule is C1CNCCN1.COC(=O)C(CCCN1CCN(Cc2c(F)cccc2Cl)CC1)(c1ccc(Br)cc1)C(C)C. The minimum Gasteiger partial charge on any atom is -0.468 e. The Bertz CT molecular complexity index is 998. The van der Waals surface area contributed by atoms with Crippen molar-refractivity contribution in [3.8, 4) is 0 Å². The van der Waals surface area contributed by atoms with E-state index < -0.39 is 5.41 Å². The number of methoxy groups -OCH3 is 1. The number of piperazine rings is 2. The molecule has 1 unspecified atom stereocenters. The molecular formula is C30H43BrClFN4O2. The van der Waals surface area contributed by atoms with Gasteiger partial charge in [-0.2, -0.15) is 0 Å². The number of esters is 1. The van der Waals surface area contributed by atoms with Crippen LogP contribution in [0.25, 0.3) is 0 Å². The van der Waals surface area contributed by atoms with Gasteiger partial charge in [0.15, 0.2) is 0 Å². The first-order valence-corrected chi connectivity index (χ1v) is 15.1. The van der Waals surface area contributed by atoms with Gasteiger partial charge in [0.25, 0.3) is 0 Å². The van der Waals surface area contributed by atoms with Gasteiger partial charge in [-0.05, 0) is 55.1 Å². The summed E-state index contributed by atoms with van der Waals surface area (Å²) in [6.45, 7) is 13.7. The van der Waals surface area contributed by atoms with Gasteiger partial charge in [-0.3, -0.25) is 9.69 Å². The van der Waals surface area contributed by atoms with Crippen molar-refractivity contribution < 1.29 is 13.9 Å². The van der Waals surface area contributed by atoms with Crippen LogP contribution >= 0.6 is 27.5 Å². The largest absolute Gasteiger partial charge is 0.468 e. The molecule has 0 amide bonds. The zero-order valence-corrected chi connectivity index (χ0v) is 25.8. The Hall–Kier alpha value is -1.55. The van der Waals surface area contributed by atoms with Crippen LogP contribution in [0.4, 0.5) is 4.39 Å². The fourth-order valence-electron chi connectivity index (χ4n) is 5.41. The molecule has 2 N–H and O–H groups in total. The van der Waals surface area contributed by atoms with Crippen LogP contribution in [0, 0.1) is 11.7 Å². The molecule has 2 saturated heterocycles. The van der Waals surface area contributed by atoms with E-state index >= 15 is 0 Å². The van der Waals surface area contributed by atoms with Gasteiger partial charge >= 0.3 is 5.97 Å². The third kappa shape index (κ3) is 8.97. The average Bonchev–Trinajstić information content (AvgIpc) is 2.95. The normalized spacial score (nSPS) is 18.2. The number of hydrogen-bond acceptors (Lipinski definition) is 6. The first kappa shape index (κ1) is 32.0. The Morgan fingerprint density at radius 1 is 1.03 bits per heavy atom. The maximum Gasteiger partial charge on any atom is 0.316 e. The first-order chi connectivity index (χ1) is 18.8. The molecule has 2 aliphatic heterocycles. The van der Waals surface area contributed by atoms with Gasteiger partial charge < -0.3 is 20.3 Å². The highest BCUT2D eigenvalue weighted by atomic mass is 79.9. The molecule has 0 bridgehead atoms. The molecule has 2 fully saturated rings. The van der Waals surface area contributed by atoms with Gasteiger partial charge in [-0.25, -0.2) is 4.39 Å². The van der Waals surface area contributed by atoms with E-state index in [4.69, 9.17) is 16.3 Å². The Labute approximate surface area is 246 Å². The van der Waals surface area contributed by atoms with E-state index in [1.54, 1.807) is 12.1 Å². The van der Waals surface area contributed by atoms with E-state index in [0.717, 1.165) is 81.8 Å². The monoisotopic (exact) mass is 624 g/mol. The summed E-state index contributed by atoms with van der Waals surface area (Å²) in [5.74, 6) is -0.314. The number of ether oxygens (including phenoxy) is 1. The number of nitrogens with zero attached hydrogens (tertiary/aromatic N) is 2. The Kier molecular flexibility index (Phi) is 13.1. The van der Waals surface area contributed by atoms with Gasteiger partial charge in [0.05, 0.1) is 12.5 Å². The predicted molar refractivity (Wildman–Crippen MR) is 161 cm³/mol. The van der Waals surface area contributed by atoms with E-state index in [1.807, 2.05) is 24.3 Å². The predicted octanol–water partition coefficient (Wildman–Crippen LogP) is 5.09. The van der Waals surface area contributed by atoms with Crippen LogP contribution in [0.3, 0.4) is 0 Å². The highest BCUT2D eigenvalue weighted by Gasteiger charge is 2.44. The molecule has 0 radical (unpaired) electrons. The van der Waals surface area contributed by atoms with E-state index in [0.29, 0.717) is 17.1 Å². The Morgan fingerprint density at radius 3 is 2.13 bits per heavy atom. The van der Waals surface area contributed by atoms with Crippen molar-refractivity contribution in [3.63, 3.8) is 0 Å². The minimum absolute atomic E-state index is 0.105. The number of halogens is 3. The van der Waals surface area contributed by atoms with E-state index in [-0.39, 0.29) is 17.7 Å².